The van der Waals surface area contributed by atoms with Crippen LogP contribution in [-0.4, -0.2) is 23.6 Å². The van der Waals surface area contributed by atoms with Gasteiger partial charge in [0.05, 0.1) is 24.2 Å². The van der Waals surface area contributed by atoms with Crippen molar-refractivity contribution in [1.82, 2.24) is 15.3 Å². The van der Waals surface area contributed by atoms with Crippen LogP contribution in [0.5, 0.6) is 5.75 Å². The second-order valence-electron chi connectivity index (χ2n) is 4.15. The molecule has 1 aliphatic rings. The minimum Gasteiger partial charge on any atom is -0.497 e. The average molecular weight is 290 g/mol. The van der Waals surface area contributed by atoms with Gasteiger partial charge in [0, 0.05) is 6.07 Å². The highest BCUT2D eigenvalue weighted by atomic mass is 35.5. The number of H-pyrrole nitrogens is 1. The van der Waals surface area contributed by atoms with Gasteiger partial charge in [0.1, 0.15) is 11.6 Å². The smallest absolute Gasteiger partial charge is 0.124 e. The van der Waals surface area contributed by atoms with Crippen LogP contribution in [0.2, 0.25) is 0 Å². The summed E-state index contributed by atoms with van der Waals surface area (Å²) in [6, 6.07) is 6.30. The van der Waals surface area contributed by atoms with Crippen LogP contribution in [0.15, 0.2) is 18.2 Å². The van der Waals surface area contributed by atoms with E-state index >= 15 is 0 Å². The molecule has 1 aromatic heterocycles. The Kier molecular flexibility index (Phi) is 5.26. The van der Waals surface area contributed by atoms with Crippen LogP contribution in [0.25, 0.3) is 11.0 Å². The second kappa shape index (κ2) is 6.27. The largest absolute Gasteiger partial charge is 0.497 e. The van der Waals surface area contributed by atoms with Crippen molar-refractivity contribution in [3.05, 3.63) is 24.0 Å². The predicted octanol–water partition coefficient (Wildman–Crippen LogP) is 2.84. The lowest BCUT2D eigenvalue weighted by atomic mass is 10.2. The Hall–Kier alpha value is -0.970. The third-order valence-corrected chi connectivity index (χ3v) is 3.10. The molecule has 100 valence electrons. The first kappa shape index (κ1) is 15.1. The van der Waals surface area contributed by atoms with E-state index in [1.54, 1.807) is 7.11 Å². The van der Waals surface area contributed by atoms with Crippen molar-refractivity contribution in [2.24, 2.45) is 0 Å². The molecular formula is C12H17Cl2N3O. The SMILES string of the molecule is COc1ccc2nc(C3CCCN3)[nH]c2c1.Cl.Cl. The predicted molar refractivity (Wildman–Crippen MR) is 77.1 cm³/mol. The van der Waals surface area contributed by atoms with Gasteiger partial charge < -0.3 is 15.0 Å². The summed E-state index contributed by atoms with van der Waals surface area (Å²) < 4.78 is 5.19. The van der Waals surface area contributed by atoms with Gasteiger partial charge in [-0.1, -0.05) is 0 Å². The third-order valence-electron chi connectivity index (χ3n) is 3.10. The summed E-state index contributed by atoms with van der Waals surface area (Å²) >= 11 is 0. The number of benzene rings is 1. The molecule has 6 heteroatoms. The molecule has 2 heterocycles. The number of hydrogen-bond acceptors (Lipinski definition) is 3. The first-order valence-electron chi connectivity index (χ1n) is 5.64. The van der Waals surface area contributed by atoms with E-state index in [1.165, 1.54) is 6.42 Å². The molecule has 1 saturated heterocycles. The van der Waals surface area contributed by atoms with E-state index in [9.17, 15) is 0 Å². The van der Waals surface area contributed by atoms with E-state index in [4.69, 9.17) is 4.74 Å². The summed E-state index contributed by atoms with van der Waals surface area (Å²) in [5.41, 5.74) is 2.05. The lowest BCUT2D eigenvalue weighted by molar-refractivity contribution is 0.415. The quantitative estimate of drug-likeness (QED) is 0.894. The first-order chi connectivity index (χ1) is 7.86. The number of ether oxygens (including phenoxy) is 1. The normalized spacial score (nSPS) is 18.2. The van der Waals surface area contributed by atoms with Crippen molar-refractivity contribution in [2.45, 2.75) is 18.9 Å². The maximum absolute atomic E-state index is 5.19. The van der Waals surface area contributed by atoms with Gasteiger partial charge in [0.2, 0.25) is 0 Å². The van der Waals surface area contributed by atoms with Gasteiger partial charge in [-0.05, 0) is 31.5 Å². The maximum Gasteiger partial charge on any atom is 0.124 e. The van der Waals surface area contributed by atoms with Crippen LogP contribution in [0.4, 0.5) is 0 Å². The number of methoxy groups -OCH3 is 1. The monoisotopic (exact) mass is 289 g/mol. The number of rotatable bonds is 2. The number of imidazole rings is 1. The number of fused-ring (bicyclic) bond motifs is 1. The molecule has 0 spiro atoms. The van der Waals surface area contributed by atoms with Gasteiger partial charge in [-0.25, -0.2) is 4.98 Å². The van der Waals surface area contributed by atoms with Crippen molar-refractivity contribution in [3.8, 4) is 5.75 Å². The lowest BCUT2D eigenvalue weighted by Gasteiger charge is -2.04. The lowest BCUT2D eigenvalue weighted by Crippen LogP contribution is -2.13. The number of aromatic nitrogens is 2. The number of aromatic amines is 1. The fourth-order valence-corrected chi connectivity index (χ4v) is 2.22. The van der Waals surface area contributed by atoms with Crippen LogP contribution >= 0.6 is 24.8 Å². The Balaban J connectivity index is 0.000000810. The van der Waals surface area contributed by atoms with Crippen molar-refractivity contribution in [3.63, 3.8) is 0 Å². The van der Waals surface area contributed by atoms with Crippen molar-refractivity contribution in [1.29, 1.82) is 0 Å². The molecule has 0 radical (unpaired) electrons. The maximum atomic E-state index is 5.19. The molecule has 2 N–H and O–H groups in total. The van der Waals surface area contributed by atoms with Gasteiger partial charge in [-0.3, -0.25) is 0 Å². The fraction of sp³-hybridized carbons (Fsp3) is 0.417. The summed E-state index contributed by atoms with van der Waals surface area (Å²) in [6.07, 6.45) is 2.39. The summed E-state index contributed by atoms with van der Waals surface area (Å²) in [5.74, 6) is 1.91. The highest BCUT2D eigenvalue weighted by Gasteiger charge is 2.19. The number of nitrogens with one attached hydrogen (secondary N) is 2. The van der Waals surface area contributed by atoms with Gasteiger partial charge in [-0.2, -0.15) is 0 Å². The molecular weight excluding hydrogens is 273 g/mol. The number of halogens is 2. The molecule has 1 aromatic carbocycles. The standard InChI is InChI=1S/C12H15N3O.2ClH/c1-16-8-4-5-9-11(7-8)15-12(14-9)10-3-2-6-13-10;;/h4-5,7,10,13H,2-3,6H2,1H3,(H,14,15);2*1H. The molecule has 0 bridgehead atoms. The van der Waals surface area contributed by atoms with E-state index in [1.807, 2.05) is 18.2 Å². The highest BCUT2D eigenvalue weighted by molar-refractivity contribution is 5.85. The Morgan fingerprint density at radius 2 is 2.17 bits per heavy atom. The van der Waals surface area contributed by atoms with E-state index in [2.05, 4.69) is 15.3 Å². The van der Waals surface area contributed by atoms with Crippen LogP contribution < -0.4 is 10.1 Å². The topological polar surface area (TPSA) is 49.9 Å². The van der Waals surface area contributed by atoms with E-state index in [-0.39, 0.29) is 24.8 Å². The minimum atomic E-state index is 0. The van der Waals surface area contributed by atoms with E-state index in [0.717, 1.165) is 35.6 Å². The van der Waals surface area contributed by atoms with Crippen LogP contribution in [-0.2, 0) is 0 Å². The number of nitrogens with zero attached hydrogens (tertiary/aromatic N) is 1. The molecule has 3 rings (SSSR count). The molecule has 1 fully saturated rings. The first-order valence-corrected chi connectivity index (χ1v) is 5.64. The summed E-state index contributed by atoms with van der Waals surface area (Å²) in [5, 5.41) is 3.44. The van der Waals surface area contributed by atoms with Gasteiger partial charge in [-0.15, -0.1) is 24.8 Å². The molecule has 2 aromatic rings. The fourth-order valence-electron chi connectivity index (χ4n) is 2.22. The Labute approximate surface area is 118 Å². The average Bonchev–Trinajstić information content (AvgIpc) is 2.96. The van der Waals surface area contributed by atoms with Crippen LogP contribution in [0.1, 0.15) is 24.7 Å². The van der Waals surface area contributed by atoms with Crippen LogP contribution in [0, 0.1) is 0 Å². The zero-order chi connectivity index (χ0) is 11.0. The second-order valence-corrected chi connectivity index (χ2v) is 4.15. The van der Waals surface area contributed by atoms with Crippen LogP contribution in [0.3, 0.4) is 0 Å². The number of hydrogen-bond donors (Lipinski definition) is 2. The Bertz CT molecular complexity index is 509. The van der Waals surface area contributed by atoms with E-state index in [0.29, 0.717) is 6.04 Å². The van der Waals surface area contributed by atoms with Crippen molar-refractivity contribution >= 4 is 35.8 Å². The highest BCUT2D eigenvalue weighted by Crippen LogP contribution is 2.25. The molecule has 1 atom stereocenters. The summed E-state index contributed by atoms with van der Waals surface area (Å²) in [7, 11) is 1.68. The minimum absolute atomic E-state index is 0. The zero-order valence-corrected chi connectivity index (χ0v) is 11.7. The molecule has 1 unspecified atom stereocenters. The van der Waals surface area contributed by atoms with Gasteiger partial charge in [0.25, 0.3) is 0 Å². The summed E-state index contributed by atoms with van der Waals surface area (Å²) in [4.78, 5) is 7.96. The molecule has 1 aliphatic heterocycles. The zero-order valence-electron chi connectivity index (χ0n) is 10.1. The van der Waals surface area contributed by atoms with Gasteiger partial charge in [0.15, 0.2) is 0 Å². The Morgan fingerprint density at radius 1 is 1.33 bits per heavy atom. The third kappa shape index (κ3) is 2.71. The van der Waals surface area contributed by atoms with Crippen molar-refractivity contribution < 1.29 is 4.74 Å². The van der Waals surface area contributed by atoms with E-state index < -0.39 is 0 Å². The summed E-state index contributed by atoms with van der Waals surface area (Å²) in [6.45, 7) is 1.09. The Morgan fingerprint density at radius 3 is 2.83 bits per heavy atom. The molecule has 18 heavy (non-hydrogen) atoms. The molecule has 4 nitrogen and oxygen atoms in total. The van der Waals surface area contributed by atoms with Crippen molar-refractivity contribution in [2.75, 3.05) is 13.7 Å². The molecule has 0 amide bonds. The molecule has 0 saturated carbocycles. The van der Waals surface area contributed by atoms with Gasteiger partial charge >= 0.3 is 0 Å². The molecule has 0 aliphatic carbocycles.